The number of benzene rings is 2. The first-order valence-electron chi connectivity index (χ1n) is 7.56. The lowest BCUT2D eigenvalue weighted by atomic mass is 10.1. The summed E-state index contributed by atoms with van der Waals surface area (Å²) in [5.74, 6) is -2.12. The number of imide groups is 1. The number of nitrogens with zero attached hydrogens (tertiary/aromatic N) is 2. The number of rotatable bonds is 4. The summed E-state index contributed by atoms with van der Waals surface area (Å²) in [6, 6.07) is 11.4. The van der Waals surface area contributed by atoms with E-state index in [4.69, 9.17) is 0 Å². The maximum Gasteiger partial charge on any atom is 0.266 e. The molecule has 2 aromatic carbocycles. The first kappa shape index (κ1) is 16.6. The molecule has 6 heteroatoms. The quantitative estimate of drug-likeness (QED) is 0.489. The smallest absolute Gasteiger partial charge is 0.266 e. The van der Waals surface area contributed by atoms with Crippen molar-refractivity contribution in [2.45, 2.75) is 0 Å². The lowest BCUT2D eigenvalue weighted by Crippen LogP contribution is -2.34. The number of amides is 2. The molecule has 0 saturated heterocycles. The van der Waals surface area contributed by atoms with Gasteiger partial charge in [-0.3, -0.25) is 14.4 Å². The number of hydrogen-bond donors (Lipinski definition) is 0. The number of hydrogen-bond acceptors (Lipinski definition) is 4. The van der Waals surface area contributed by atoms with E-state index in [-0.39, 0.29) is 22.4 Å². The number of carbonyl (C=O) groups is 3. The third-order valence-corrected chi connectivity index (χ3v) is 3.75. The average molecular weight is 338 g/mol. The van der Waals surface area contributed by atoms with E-state index in [0.717, 1.165) is 17.0 Å². The minimum absolute atomic E-state index is 0.0807. The summed E-state index contributed by atoms with van der Waals surface area (Å²) >= 11 is 0. The maximum atomic E-state index is 13.1. The summed E-state index contributed by atoms with van der Waals surface area (Å²) < 4.78 is 13.1. The second kappa shape index (κ2) is 6.32. The molecule has 126 valence electrons. The van der Waals surface area contributed by atoms with E-state index in [1.165, 1.54) is 18.3 Å². The molecule has 0 bridgehead atoms. The molecule has 25 heavy (non-hydrogen) atoms. The Balaban J connectivity index is 2.06. The first-order valence-corrected chi connectivity index (χ1v) is 7.56. The van der Waals surface area contributed by atoms with Crippen LogP contribution in [0.2, 0.25) is 0 Å². The average Bonchev–Trinajstić information content (AvgIpc) is 2.84. The Labute approximate surface area is 144 Å². The number of fused-ring (bicyclic) bond motifs is 1. The van der Waals surface area contributed by atoms with Gasteiger partial charge < -0.3 is 4.90 Å². The van der Waals surface area contributed by atoms with Gasteiger partial charge in [-0.15, -0.1) is 0 Å². The number of ketones is 1. The highest BCUT2D eigenvalue weighted by Crippen LogP contribution is 2.27. The minimum Gasteiger partial charge on any atom is -0.382 e. The number of halogens is 1. The molecule has 2 aromatic rings. The van der Waals surface area contributed by atoms with Gasteiger partial charge in [-0.05, 0) is 36.4 Å². The van der Waals surface area contributed by atoms with Crippen LogP contribution >= 0.6 is 0 Å². The highest BCUT2D eigenvalue weighted by molar-refractivity contribution is 6.26. The first-order chi connectivity index (χ1) is 11.9. The molecule has 1 aliphatic heterocycles. The summed E-state index contributed by atoms with van der Waals surface area (Å²) in [5, 5.41) is 0. The highest BCUT2D eigenvalue weighted by atomic mass is 19.1. The molecule has 3 rings (SSSR count). The zero-order valence-corrected chi connectivity index (χ0v) is 13.7. The Bertz CT molecular complexity index is 866. The molecule has 0 N–H and O–H groups in total. The van der Waals surface area contributed by atoms with Gasteiger partial charge in [0.1, 0.15) is 11.5 Å². The van der Waals surface area contributed by atoms with Crippen LogP contribution in [0.4, 0.5) is 4.39 Å². The molecule has 0 aliphatic carbocycles. The van der Waals surface area contributed by atoms with E-state index in [1.54, 1.807) is 43.3 Å². The number of allylic oxidation sites excluding steroid dienone is 1. The molecule has 0 atom stereocenters. The van der Waals surface area contributed by atoms with Gasteiger partial charge in [0.05, 0.1) is 11.1 Å². The minimum atomic E-state index is -0.552. The van der Waals surface area contributed by atoms with Gasteiger partial charge in [0, 0.05) is 25.9 Å². The van der Waals surface area contributed by atoms with Crippen molar-refractivity contribution in [1.82, 2.24) is 9.80 Å². The van der Waals surface area contributed by atoms with Crippen molar-refractivity contribution in [2.75, 3.05) is 14.1 Å². The second-order valence-corrected chi connectivity index (χ2v) is 5.81. The summed E-state index contributed by atoms with van der Waals surface area (Å²) in [5.41, 5.74) is 0.613. The molecule has 0 unspecified atom stereocenters. The van der Waals surface area contributed by atoms with Crippen LogP contribution in [0.15, 0.2) is 60.4 Å². The molecule has 1 heterocycles. The van der Waals surface area contributed by atoms with Crippen molar-refractivity contribution in [3.05, 3.63) is 82.9 Å². The maximum absolute atomic E-state index is 13.1. The van der Waals surface area contributed by atoms with Crippen LogP contribution in [0.1, 0.15) is 31.1 Å². The van der Waals surface area contributed by atoms with Gasteiger partial charge in [0.25, 0.3) is 11.8 Å². The fraction of sp³-hybridized carbons (Fsp3) is 0.105. The third kappa shape index (κ3) is 2.94. The van der Waals surface area contributed by atoms with Crippen LogP contribution in [-0.2, 0) is 0 Å². The predicted octanol–water partition coefficient (Wildman–Crippen LogP) is 2.71. The Kier molecular flexibility index (Phi) is 4.19. The van der Waals surface area contributed by atoms with Crippen LogP contribution in [0, 0.1) is 5.82 Å². The van der Waals surface area contributed by atoms with Crippen molar-refractivity contribution >= 4 is 17.6 Å². The largest absolute Gasteiger partial charge is 0.382 e. The van der Waals surface area contributed by atoms with Crippen LogP contribution in [0.3, 0.4) is 0 Å². The molecule has 0 spiro atoms. The molecule has 2 amide bonds. The van der Waals surface area contributed by atoms with Gasteiger partial charge >= 0.3 is 0 Å². The fourth-order valence-electron chi connectivity index (χ4n) is 2.62. The molecule has 0 fully saturated rings. The zero-order valence-electron chi connectivity index (χ0n) is 13.7. The molecule has 0 aromatic heterocycles. The van der Waals surface area contributed by atoms with E-state index in [0.29, 0.717) is 0 Å². The van der Waals surface area contributed by atoms with E-state index in [2.05, 4.69) is 0 Å². The van der Waals surface area contributed by atoms with E-state index in [9.17, 15) is 18.8 Å². The van der Waals surface area contributed by atoms with Gasteiger partial charge in [-0.2, -0.15) is 0 Å². The van der Waals surface area contributed by atoms with Gasteiger partial charge in [-0.1, -0.05) is 12.1 Å². The van der Waals surface area contributed by atoms with Crippen LogP contribution in [0.25, 0.3) is 0 Å². The van der Waals surface area contributed by atoms with Crippen LogP contribution < -0.4 is 0 Å². The van der Waals surface area contributed by atoms with Crippen molar-refractivity contribution in [2.24, 2.45) is 0 Å². The van der Waals surface area contributed by atoms with Crippen molar-refractivity contribution in [1.29, 1.82) is 0 Å². The zero-order chi connectivity index (χ0) is 18.1. The van der Waals surface area contributed by atoms with Crippen LogP contribution in [-0.4, -0.2) is 41.5 Å². The van der Waals surface area contributed by atoms with Gasteiger partial charge in [0.15, 0.2) is 0 Å². The summed E-state index contributed by atoms with van der Waals surface area (Å²) in [4.78, 5) is 40.6. The SMILES string of the molecule is CN(C)/C=C(\C(=O)c1ccc(F)cc1)N1C(=O)c2ccccc2C1=O. The summed E-state index contributed by atoms with van der Waals surface area (Å²) in [6.07, 6.45) is 1.41. The van der Waals surface area contributed by atoms with Gasteiger partial charge in [0.2, 0.25) is 5.78 Å². The molecule has 0 radical (unpaired) electrons. The number of Topliss-reactive ketones (excluding diaryl/α,β-unsaturated/α-hetero) is 1. The molecule has 1 aliphatic rings. The van der Waals surface area contributed by atoms with Crippen molar-refractivity contribution < 1.29 is 18.8 Å². The standard InChI is InChI=1S/C19H15FN2O3/c1-21(2)11-16(17(23)12-7-9-13(20)10-8-12)22-18(24)14-5-3-4-6-15(14)19(22)25/h3-11H,1-2H3/b16-11+. The van der Waals surface area contributed by atoms with Crippen molar-refractivity contribution in [3.8, 4) is 0 Å². The lowest BCUT2D eigenvalue weighted by molar-refractivity contribution is 0.0675. The highest BCUT2D eigenvalue weighted by Gasteiger charge is 2.39. The lowest BCUT2D eigenvalue weighted by Gasteiger charge is -2.19. The Morgan fingerprint density at radius 1 is 0.960 bits per heavy atom. The van der Waals surface area contributed by atoms with Crippen LogP contribution in [0.5, 0.6) is 0 Å². The second-order valence-electron chi connectivity index (χ2n) is 5.81. The molecule has 0 saturated carbocycles. The molecular weight excluding hydrogens is 323 g/mol. The molecule has 5 nitrogen and oxygen atoms in total. The third-order valence-electron chi connectivity index (χ3n) is 3.75. The Hall–Kier alpha value is -3.28. The normalized spacial score (nSPS) is 13.9. The monoisotopic (exact) mass is 338 g/mol. The van der Waals surface area contributed by atoms with Gasteiger partial charge in [-0.25, -0.2) is 9.29 Å². The fourth-order valence-corrected chi connectivity index (χ4v) is 2.62. The Morgan fingerprint density at radius 3 is 1.96 bits per heavy atom. The number of carbonyl (C=O) groups excluding carboxylic acids is 3. The predicted molar refractivity (Wildman–Crippen MR) is 89.4 cm³/mol. The summed E-state index contributed by atoms with van der Waals surface area (Å²) in [7, 11) is 3.35. The van der Waals surface area contributed by atoms with Crippen molar-refractivity contribution in [3.63, 3.8) is 0 Å². The molecular formula is C19H15FN2O3. The van der Waals surface area contributed by atoms with E-state index >= 15 is 0 Å². The topological polar surface area (TPSA) is 57.7 Å². The van der Waals surface area contributed by atoms with E-state index < -0.39 is 23.4 Å². The Morgan fingerprint density at radius 2 is 1.48 bits per heavy atom. The van der Waals surface area contributed by atoms with E-state index in [1.807, 2.05) is 0 Å². The summed E-state index contributed by atoms with van der Waals surface area (Å²) in [6.45, 7) is 0.